The first-order valence-corrected chi connectivity index (χ1v) is 4.66. The minimum atomic E-state index is -4.45. The molecule has 0 aliphatic rings. The van der Waals surface area contributed by atoms with E-state index in [-0.39, 0.29) is 6.42 Å². The predicted octanol–water partition coefficient (Wildman–Crippen LogP) is 3.13. The Hall–Kier alpha value is -0.250. The molecule has 0 aliphatic carbocycles. The molecule has 0 amide bonds. The van der Waals surface area contributed by atoms with Gasteiger partial charge in [-0.15, -0.1) is 0 Å². The molecule has 0 aliphatic heterocycles. The number of alkyl halides is 3. The zero-order valence-corrected chi connectivity index (χ0v) is 8.06. The second-order valence-corrected chi connectivity index (χ2v) is 3.32. The van der Waals surface area contributed by atoms with E-state index >= 15 is 0 Å². The molecule has 13 heavy (non-hydrogen) atoms. The first-order chi connectivity index (χ1) is 5.91. The molecule has 0 fully saturated rings. The van der Waals surface area contributed by atoms with E-state index in [1.807, 2.05) is 13.8 Å². The van der Waals surface area contributed by atoms with Crippen molar-refractivity contribution >= 4 is 0 Å². The van der Waals surface area contributed by atoms with Gasteiger partial charge in [0.15, 0.2) is 0 Å². The summed E-state index contributed by atoms with van der Waals surface area (Å²) in [5.74, 6) is 0.303. The fourth-order valence-corrected chi connectivity index (χ4v) is 1.25. The van der Waals surface area contributed by atoms with E-state index in [0.717, 1.165) is 12.8 Å². The molecule has 0 saturated carbocycles. The van der Waals surface area contributed by atoms with Crippen molar-refractivity contribution < 1.29 is 18.3 Å². The van der Waals surface area contributed by atoms with Crippen molar-refractivity contribution in [2.24, 2.45) is 5.92 Å². The summed E-state index contributed by atoms with van der Waals surface area (Å²) < 4.78 is 35.6. The van der Waals surface area contributed by atoms with Crippen molar-refractivity contribution in [1.29, 1.82) is 0 Å². The smallest absolute Gasteiger partial charge is 0.384 e. The lowest BCUT2D eigenvalue weighted by atomic mass is 9.96. The van der Waals surface area contributed by atoms with Gasteiger partial charge < -0.3 is 5.11 Å². The summed E-state index contributed by atoms with van der Waals surface area (Å²) in [6, 6.07) is 0. The molecule has 0 rings (SSSR count). The highest BCUT2D eigenvalue weighted by Gasteiger charge is 2.37. The summed E-state index contributed by atoms with van der Waals surface area (Å²) in [5, 5.41) is 8.70. The molecule has 0 heterocycles. The summed E-state index contributed by atoms with van der Waals surface area (Å²) in [4.78, 5) is 0. The maximum atomic E-state index is 11.9. The standard InChI is InChI=1S/C9H17F3O/c1-3-7(4-2)5-6-8(13)9(10,11)12/h7-8,13H,3-6H2,1-2H3. The van der Waals surface area contributed by atoms with Crippen molar-refractivity contribution in [2.45, 2.75) is 51.8 Å². The van der Waals surface area contributed by atoms with Crippen molar-refractivity contribution in [3.05, 3.63) is 0 Å². The van der Waals surface area contributed by atoms with Crippen LogP contribution in [0.25, 0.3) is 0 Å². The molecule has 0 spiro atoms. The number of hydrogen-bond donors (Lipinski definition) is 1. The van der Waals surface area contributed by atoms with Crippen molar-refractivity contribution in [3.8, 4) is 0 Å². The molecule has 0 aromatic carbocycles. The molecule has 0 aromatic rings. The second-order valence-electron chi connectivity index (χ2n) is 3.32. The average Bonchev–Trinajstić information content (AvgIpc) is 2.04. The highest BCUT2D eigenvalue weighted by Crippen LogP contribution is 2.26. The Bertz CT molecular complexity index is 129. The van der Waals surface area contributed by atoms with Crippen LogP contribution < -0.4 is 0 Å². The van der Waals surface area contributed by atoms with Gasteiger partial charge in [-0.2, -0.15) is 13.2 Å². The van der Waals surface area contributed by atoms with Gasteiger partial charge in [0.1, 0.15) is 6.10 Å². The van der Waals surface area contributed by atoms with Gasteiger partial charge in [0.25, 0.3) is 0 Å². The zero-order valence-electron chi connectivity index (χ0n) is 8.06. The third-order valence-electron chi connectivity index (χ3n) is 2.38. The van der Waals surface area contributed by atoms with Crippen LogP contribution in [0, 0.1) is 5.92 Å². The van der Waals surface area contributed by atoms with E-state index in [9.17, 15) is 13.2 Å². The van der Waals surface area contributed by atoms with Crippen LogP contribution in [0.1, 0.15) is 39.5 Å². The molecule has 0 bridgehead atoms. The number of halogens is 3. The molecule has 0 radical (unpaired) electrons. The third kappa shape index (κ3) is 5.13. The van der Waals surface area contributed by atoms with Crippen LogP contribution in [0.5, 0.6) is 0 Å². The number of rotatable bonds is 5. The Labute approximate surface area is 76.9 Å². The molecule has 1 unspecified atom stereocenters. The molecular weight excluding hydrogens is 181 g/mol. The monoisotopic (exact) mass is 198 g/mol. The maximum absolute atomic E-state index is 11.9. The number of hydrogen-bond acceptors (Lipinski definition) is 1. The van der Waals surface area contributed by atoms with Crippen molar-refractivity contribution in [2.75, 3.05) is 0 Å². The van der Waals surface area contributed by atoms with Gasteiger partial charge in [-0.3, -0.25) is 0 Å². The van der Waals surface area contributed by atoms with Crippen LogP contribution in [0.4, 0.5) is 13.2 Å². The molecule has 4 heteroatoms. The average molecular weight is 198 g/mol. The van der Waals surface area contributed by atoms with Crippen LogP contribution in [0.3, 0.4) is 0 Å². The zero-order chi connectivity index (χ0) is 10.5. The third-order valence-corrected chi connectivity index (χ3v) is 2.38. The van der Waals surface area contributed by atoms with E-state index < -0.39 is 12.3 Å². The van der Waals surface area contributed by atoms with E-state index in [1.54, 1.807) is 0 Å². The van der Waals surface area contributed by atoms with Crippen LogP contribution in [0.15, 0.2) is 0 Å². The SMILES string of the molecule is CCC(CC)CCC(O)C(F)(F)F. The van der Waals surface area contributed by atoms with E-state index in [1.165, 1.54) is 0 Å². The van der Waals surface area contributed by atoms with Crippen LogP contribution >= 0.6 is 0 Å². The lowest BCUT2D eigenvalue weighted by Crippen LogP contribution is -2.28. The van der Waals surface area contributed by atoms with Crippen LogP contribution in [-0.2, 0) is 0 Å². The van der Waals surface area contributed by atoms with Gasteiger partial charge in [-0.1, -0.05) is 26.7 Å². The lowest BCUT2D eigenvalue weighted by molar-refractivity contribution is -0.206. The van der Waals surface area contributed by atoms with Gasteiger partial charge in [0, 0.05) is 0 Å². The maximum Gasteiger partial charge on any atom is 0.414 e. The minimum Gasteiger partial charge on any atom is -0.384 e. The van der Waals surface area contributed by atoms with Gasteiger partial charge in [-0.25, -0.2) is 0 Å². The van der Waals surface area contributed by atoms with E-state index in [2.05, 4.69) is 0 Å². The fraction of sp³-hybridized carbons (Fsp3) is 1.00. The van der Waals surface area contributed by atoms with Gasteiger partial charge in [0.05, 0.1) is 0 Å². The largest absolute Gasteiger partial charge is 0.414 e. The van der Waals surface area contributed by atoms with Crippen molar-refractivity contribution in [3.63, 3.8) is 0 Å². The molecular formula is C9H17F3O. The molecule has 1 N–H and O–H groups in total. The molecule has 1 nitrogen and oxygen atoms in total. The predicted molar refractivity (Wildman–Crippen MR) is 45.4 cm³/mol. The molecule has 0 saturated heterocycles. The Morgan fingerprint density at radius 1 is 1.08 bits per heavy atom. The van der Waals surface area contributed by atoms with E-state index in [4.69, 9.17) is 5.11 Å². The Morgan fingerprint density at radius 2 is 1.54 bits per heavy atom. The van der Waals surface area contributed by atoms with Gasteiger partial charge >= 0.3 is 6.18 Å². The highest BCUT2D eigenvalue weighted by atomic mass is 19.4. The van der Waals surface area contributed by atoms with Crippen LogP contribution in [0.2, 0.25) is 0 Å². The quantitative estimate of drug-likeness (QED) is 0.719. The Kier molecular flexibility index (Phi) is 5.37. The molecule has 80 valence electrons. The fourth-order valence-electron chi connectivity index (χ4n) is 1.25. The first kappa shape index (κ1) is 12.8. The lowest BCUT2D eigenvalue weighted by Gasteiger charge is -2.17. The van der Waals surface area contributed by atoms with Gasteiger partial charge in [-0.05, 0) is 18.8 Å². The summed E-state index contributed by atoms with van der Waals surface area (Å²) in [5.41, 5.74) is 0. The summed E-state index contributed by atoms with van der Waals surface area (Å²) in [6.07, 6.45) is -4.56. The summed E-state index contributed by atoms with van der Waals surface area (Å²) in [7, 11) is 0. The minimum absolute atomic E-state index is 0.171. The van der Waals surface area contributed by atoms with Gasteiger partial charge in [0.2, 0.25) is 0 Å². The molecule has 1 atom stereocenters. The summed E-state index contributed by atoms with van der Waals surface area (Å²) >= 11 is 0. The van der Waals surface area contributed by atoms with Crippen LogP contribution in [-0.4, -0.2) is 17.4 Å². The summed E-state index contributed by atoms with van der Waals surface area (Å²) in [6.45, 7) is 3.91. The number of aliphatic hydroxyl groups is 1. The number of aliphatic hydroxyl groups excluding tert-OH is 1. The molecule has 0 aromatic heterocycles. The highest BCUT2D eigenvalue weighted by molar-refractivity contribution is 4.67. The Balaban J connectivity index is 3.75. The van der Waals surface area contributed by atoms with Crippen molar-refractivity contribution in [1.82, 2.24) is 0 Å². The topological polar surface area (TPSA) is 20.2 Å². The second kappa shape index (κ2) is 5.47. The normalized spacial score (nSPS) is 15.0. The van der Waals surface area contributed by atoms with E-state index in [0.29, 0.717) is 12.3 Å². The first-order valence-electron chi connectivity index (χ1n) is 4.66. The Morgan fingerprint density at radius 3 is 1.85 bits per heavy atom.